The van der Waals surface area contributed by atoms with Crippen molar-refractivity contribution in [2.75, 3.05) is 47.1 Å². The van der Waals surface area contributed by atoms with E-state index in [1.165, 1.54) is 38.9 Å². The van der Waals surface area contributed by atoms with Gasteiger partial charge in [0, 0.05) is 34.2 Å². The fourth-order valence-corrected chi connectivity index (χ4v) is 7.86. The van der Waals surface area contributed by atoms with Crippen molar-refractivity contribution in [2.45, 2.75) is 49.0 Å². The van der Waals surface area contributed by atoms with E-state index in [1.807, 2.05) is 0 Å². The molecule has 37 heavy (non-hydrogen) atoms. The first-order chi connectivity index (χ1) is 16.4. The Morgan fingerprint density at radius 3 is 1.30 bits per heavy atom. The quantitative estimate of drug-likeness (QED) is 0.195. The van der Waals surface area contributed by atoms with Crippen LogP contribution >= 0.6 is 0 Å². The molecule has 9 nitrogen and oxygen atoms in total. The second kappa shape index (κ2) is 12.2. The third kappa shape index (κ3) is 8.11. The molecule has 1 aliphatic heterocycles. The van der Waals surface area contributed by atoms with E-state index in [2.05, 4.69) is 6.92 Å². The first-order valence-electron chi connectivity index (χ1n) is 9.99. The molecule has 0 radical (unpaired) electrons. The van der Waals surface area contributed by atoms with Gasteiger partial charge < -0.3 is 21.9 Å². The van der Waals surface area contributed by atoms with E-state index in [-0.39, 0.29) is 0 Å². The van der Waals surface area contributed by atoms with Crippen LogP contribution in [0.4, 0.5) is 43.9 Å². The maximum Gasteiger partial charge on any atom is 0.558 e. The van der Waals surface area contributed by atoms with Gasteiger partial charge in [0.1, 0.15) is 6.17 Å². The molecule has 1 heterocycles. The van der Waals surface area contributed by atoms with Gasteiger partial charge >= 0.3 is 31.7 Å². The van der Waals surface area contributed by atoms with E-state index in [1.54, 1.807) is 21.3 Å². The van der Waals surface area contributed by atoms with Gasteiger partial charge in [-0.2, -0.15) is 43.9 Å². The van der Waals surface area contributed by atoms with Crippen molar-refractivity contribution in [3.63, 3.8) is 0 Å². The first kappa shape index (κ1) is 36.2. The minimum absolute atomic E-state index is 0.422. The van der Waals surface area contributed by atoms with Crippen LogP contribution in [0.2, 0.25) is 0 Å². The SMILES string of the molecule is CCC[N+]1(C[Si](OC)(OC)OC)CCCC1.O=S(=O)([N-]S(=O)(=O)C(F)(F)C(F)(F)F)C(F)(F)C(F)(F)F. The van der Waals surface area contributed by atoms with E-state index in [9.17, 15) is 60.7 Å². The Morgan fingerprint density at radius 1 is 0.730 bits per heavy atom. The molecule has 1 fully saturated rings. The smallest absolute Gasteiger partial charge is 0.425 e. The lowest BCUT2D eigenvalue weighted by Gasteiger charge is -2.38. The lowest BCUT2D eigenvalue weighted by atomic mass is 10.4. The van der Waals surface area contributed by atoms with Crippen molar-refractivity contribution in [1.29, 1.82) is 0 Å². The summed E-state index contributed by atoms with van der Waals surface area (Å²) < 4.78 is 179. The molecule has 224 valence electrons. The van der Waals surface area contributed by atoms with Gasteiger partial charge in [-0.25, -0.2) is 16.8 Å². The monoisotopic (exact) mass is 628 g/mol. The van der Waals surface area contributed by atoms with E-state index < -0.39 is 51.7 Å². The Balaban J connectivity index is 0.000000724. The minimum atomic E-state index is -7.62. The molecule has 1 rings (SSSR count). The van der Waals surface area contributed by atoms with Gasteiger partial charge in [0.15, 0.2) is 20.0 Å². The Labute approximate surface area is 208 Å². The second-order valence-electron chi connectivity index (χ2n) is 7.73. The largest absolute Gasteiger partial charge is 0.558 e. The summed E-state index contributed by atoms with van der Waals surface area (Å²) in [7, 11) is -12.5. The van der Waals surface area contributed by atoms with Crippen molar-refractivity contribution in [1.82, 2.24) is 0 Å². The third-order valence-corrected chi connectivity index (χ3v) is 11.4. The van der Waals surface area contributed by atoms with Crippen LogP contribution in [0, 0.1) is 0 Å². The van der Waals surface area contributed by atoms with Crippen LogP contribution in [0.3, 0.4) is 0 Å². The van der Waals surface area contributed by atoms with Gasteiger partial charge in [-0.15, -0.1) is 0 Å². The normalized spacial score (nSPS) is 17.9. The number of sulfonamides is 2. The number of nitrogens with zero attached hydrogens (tertiary/aromatic N) is 2. The van der Waals surface area contributed by atoms with Crippen molar-refractivity contribution in [3.05, 3.63) is 4.13 Å². The van der Waals surface area contributed by atoms with Crippen molar-refractivity contribution in [2.24, 2.45) is 0 Å². The molecular weight excluding hydrogens is 602 g/mol. The maximum absolute atomic E-state index is 12.3. The molecule has 0 saturated carbocycles. The highest BCUT2D eigenvalue weighted by molar-refractivity contribution is 8.13. The zero-order valence-electron chi connectivity index (χ0n) is 19.8. The number of rotatable bonds is 11. The van der Waals surface area contributed by atoms with Crippen LogP contribution in [0.1, 0.15) is 26.2 Å². The van der Waals surface area contributed by atoms with E-state index in [0.717, 1.165) is 10.7 Å². The number of alkyl halides is 10. The lowest BCUT2D eigenvalue weighted by molar-refractivity contribution is -0.909. The molecule has 0 N–H and O–H groups in total. The van der Waals surface area contributed by atoms with E-state index in [0.29, 0.717) is 4.13 Å². The summed E-state index contributed by atoms with van der Waals surface area (Å²) in [5.74, 6) is 0. The highest BCUT2D eigenvalue weighted by atomic mass is 32.3. The molecule has 1 aliphatic rings. The van der Waals surface area contributed by atoms with Crippen molar-refractivity contribution >= 4 is 28.9 Å². The summed E-state index contributed by atoms with van der Waals surface area (Å²) in [5.41, 5.74) is 0. The molecular formula is C15H26F10N2O7S2Si. The molecule has 0 spiro atoms. The lowest BCUT2D eigenvalue weighted by Crippen LogP contribution is -2.61. The summed E-state index contributed by atoms with van der Waals surface area (Å²) in [4.78, 5) is 0. The number of quaternary nitrogens is 1. The molecule has 22 heteroatoms. The Hall–Kier alpha value is -0.783. The molecule has 1 saturated heterocycles. The van der Waals surface area contributed by atoms with Crippen LogP contribution in [-0.4, -0.2) is 100 Å². The zero-order chi connectivity index (χ0) is 29.8. The average molecular weight is 629 g/mol. The van der Waals surface area contributed by atoms with Crippen LogP contribution in [0.15, 0.2) is 0 Å². The second-order valence-corrected chi connectivity index (χ2v) is 14.2. The molecule has 0 aliphatic carbocycles. The van der Waals surface area contributed by atoms with Gasteiger partial charge in [-0.05, 0) is 6.42 Å². The third-order valence-electron chi connectivity index (χ3n) is 5.18. The van der Waals surface area contributed by atoms with Gasteiger partial charge in [-0.1, -0.05) is 6.92 Å². The maximum atomic E-state index is 12.3. The average Bonchev–Trinajstić information content (AvgIpc) is 3.18. The molecule has 0 aromatic carbocycles. The number of hydrogen-bond donors (Lipinski definition) is 0. The molecule has 0 bridgehead atoms. The fraction of sp³-hybridized carbons (Fsp3) is 1.00. The Bertz CT molecular complexity index is 887. The molecule has 0 atom stereocenters. The van der Waals surface area contributed by atoms with E-state index >= 15 is 0 Å². The molecule has 0 amide bonds. The summed E-state index contributed by atoms with van der Waals surface area (Å²) >= 11 is 0. The molecule has 0 unspecified atom stereocenters. The summed E-state index contributed by atoms with van der Waals surface area (Å²) in [6.07, 6.45) is -9.23. The molecule has 0 aromatic heterocycles. The van der Waals surface area contributed by atoms with Crippen LogP contribution in [-0.2, 0) is 33.3 Å². The first-order valence-corrected chi connectivity index (χ1v) is 14.8. The fourth-order valence-electron chi connectivity index (χ4n) is 3.31. The molecule has 0 aromatic rings. The standard InChI is InChI=1S/C11H26NO3Si.C4F10NO4S2/c1-5-8-12(9-6-7-10-12)11-16(13-2,14-3)15-4;5-1(6,7)3(11,12)20(16,17)15-21(18,19)4(13,14)2(8,9)10/h5-11H2,1-4H3;/q+1;-1. The predicted molar refractivity (Wildman–Crippen MR) is 109 cm³/mol. The number of halogens is 10. The highest BCUT2D eigenvalue weighted by Gasteiger charge is 2.68. The van der Waals surface area contributed by atoms with Gasteiger partial charge in [-0.3, -0.25) is 0 Å². The highest BCUT2D eigenvalue weighted by Crippen LogP contribution is 2.47. The summed E-state index contributed by atoms with van der Waals surface area (Å²) in [5, 5.41) is -14.0. The minimum Gasteiger partial charge on any atom is -0.425 e. The Morgan fingerprint density at radius 2 is 1.05 bits per heavy atom. The van der Waals surface area contributed by atoms with Gasteiger partial charge in [0.25, 0.3) is 0 Å². The predicted octanol–water partition coefficient (Wildman–Crippen LogP) is 3.75. The zero-order valence-corrected chi connectivity index (χ0v) is 22.4. The Kier molecular flexibility index (Phi) is 11.9. The summed E-state index contributed by atoms with van der Waals surface area (Å²) in [6.45, 7) is 5.95. The number of likely N-dealkylation sites (tertiary alicyclic amines) is 1. The van der Waals surface area contributed by atoms with Crippen molar-refractivity contribution in [3.8, 4) is 0 Å². The van der Waals surface area contributed by atoms with Crippen LogP contribution in [0.25, 0.3) is 4.13 Å². The summed E-state index contributed by atoms with van der Waals surface area (Å²) in [6, 6.07) is 0. The van der Waals surface area contributed by atoms with Gasteiger partial charge in [0.2, 0.25) is 0 Å². The van der Waals surface area contributed by atoms with E-state index in [4.69, 9.17) is 13.3 Å². The number of hydrogen-bond acceptors (Lipinski definition) is 7. The topological polar surface area (TPSA) is 110 Å². The van der Waals surface area contributed by atoms with Crippen LogP contribution < -0.4 is 0 Å². The van der Waals surface area contributed by atoms with Crippen LogP contribution in [0.5, 0.6) is 0 Å². The van der Waals surface area contributed by atoms with Crippen molar-refractivity contribution < 1.29 is 78.5 Å². The van der Waals surface area contributed by atoms with Gasteiger partial charge in [0.05, 0.1) is 19.6 Å².